The van der Waals surface area contributed by atoms with Crippen LogP contribution >= 0.6 is 8.53 Å². The summed E-state index contributed by atoms with van der Waals surface area (Å²) in [4.78, 5) is 0. The third kappa shape index (κ3) is 2.67. The molecule has 0 saturated carbocycles. The fourth-order valence-electron chi connectivity index (χ4n) is 1.14. The summed E-state index contributed by atoms with van der Waals surface area (Å²) in [6.07, 6.45) is 1.39. The maximum atomic E-state index is 5.70. The van der Waals surface area contributed by atoms with Gasteiger partial charge in [-0.1, -0.05) is 13.8 Å². The SMILES string of the molecule is CCN(CC)P1OCCC(C)O1. The molecule has 0 aromatic heterocycles. The second-order valence-electron chi connectivity index (χ2n) is 2.91. The Balaban J connectivity index is 2.38. The summed E-state index contributed by atoms with van der Waals surface area (Å²) in [5, 5.41) is 0. The van der Waals surface area contributed by atoms with Gasteiger partial charge in [-0.3, -0.25) is 0 Å². The molecule has 0 N–H and O–H groups in total. The number of hydrogen-bond donors (Lipinski definition) is 0. The third-order valence-electron chi connectivity index (χ3n) is 1.96. The van der Waals surface area contributed by atoms with Crippen LogP contribution in [-0.4, -0.2) is 30.5 Å². The van der Waals surface area contributed by atoms with Gasteiger partial charge in [-0.2, -0.15) is 0 Å². The minimum atomic E-state index is -0.741. The predicted molar refractivity (Wildman–Crippen MR) is 51.0 cm³/mol. The van der Waals surface area contributed by atoms with Crippen molar-refractivity contribution in [2.75, 3.05) is 19.7 Å². The van der Waals surface area contributed by atoms with Crippen LogP contribution in [0.2, 0.25) is 0 Å². The zero-order chi connectivity index (χ0) is 8.97. The Labute approximate surface area is 76.0 Å². The van der Waals surface area contributed by atoms with Crippen LogP contribution in [0.1, 0.15) is 27.2 Å². The first-order chi connectivity index (χ1) is 5.77. The highest BCUT2D eigenvalue weighted by atomic mass is 31.2. The molecule has 0 aromatic rings. The van der Waals surface area contributed by atoms with Crippen LogP contribution in [0.4, 0.5) is 0 Å². The molecule has 0 radical (unpaired) electrons. The first-order valence-electron chi connectivity index (χ1n) is 4.62. The van der Waals surface area contributed by atoms with E-state index in [0.29, 0.717) is 6.10 Å². The van der Waals surface area contributed by atoms with Crippen molar-refractivity contribution >= 4 is 8.53 Å². The molecule has 1 rings (SSSR count). The molecule has 0 amide bonds. The van der Waals surface area contributed by atoms with E-state index in [1.54, 1.807) is 0 Å². The highest BCUT2D eigenvalue weighted by molar-refractivity contribution is 7.44. The summed E-state index contributed by atoms with van der Waals surface area (Å²) in [6.45, 7) is 9.25. The predicted octanol–water partition coefficient (Wildman–Crippen LogP) is 2.38. The van der Waals surface area contributed by atoms with Crippen molar-refractivity contribution in [3.63, 3.8) is 0 Å². The van der Waals surface area contributed by atoms with E-state index in [9.17, 15) is 0 Å². The van der Waals surface area contributed by atoms with Gasteiger partial charge in [0.2, 0.25) is 0 Å². The number of rotatable bonds is 3. The molecule has 4 heteroatoms. The van der Waals surface area contributed by atoms with E-state index in [1.807, 2.05) is 0 Å². The Morgan fingerprint density at radius 2 is 2.08 bits per heavy atom. The second-order valence-corrected chi connectivity index (χ2v) is 4.43. The lowest BCUT2D eigenvalue weighted by Crippen LogP contribution is -2.25. The minimum absolute atomic E-state index is 0.366. The van der Waals surface area contributed by atoms with Crippen molar-refractivity contribution in [3.8, 4) is 0 Å². The monoisotopic (exact) mass is 191 g/mol. The molecule has 0 spiro atoms. The van der Waals surface area contributed by atoms with Gasteiger partial charge in [0.1, 0.15) is 0 Å². The molecule has 0 aliphatic carbocycles. The molecule has 1 fully saturated rings. The topological polar surface area (TPSA) is 21.7 Å². The quantitative estimate of drug-likeness (QED) is 0.639. The van der Waals surface area contributed by atoms with Gasteiger partial charge in [0.25, 0.3) is 8.53 Å². The smallest absolute Gasteiger partial charge is 0.258 e. The van der Waals surface area contributed by atoms with Crippen molar-refractivity contribution in [2.24, 2.45) is 0 Å². The lowest BCUT2D eigenvalue weighted by atomic mass is 10.3. The van der Waals surface area contributed by atoms with Crippen LogP contribution < -0.4 is 0 Å². The Bertz CT molecular complexity index is 130. The minimum Gasteiger partial charge on any atom is -0.322 e. The highest BCUT2D eigenvalue weighted by Gasteiger charge is 2.25. The van der Waals surface area contributed by atoms with Gasteiger partial charge in [0, 0.05) is 13.1 Å². The molecule has 1 heterocycles. The van der Waals surface area contributed by atoms with Crippen molar-refractivity contribution < 1.29 is 9.05 Å². The molecule has 1 aliphatic heterocycles. The van der Waals surface area contributed by atoms with Gasteiger partial charge < -0.3 is 9.05 Å². The Hall–Kier alpha value is 0.310. The number of hydrogen-bond acceptors (Lipinski definition) is 3. The van der Waals surface area contributed by atoms with Gasteiger partial charge in [0.15, 0.2) is 0 Å². The van der Waals surface area contributed by atoms with E-state index in [4.69, 9.17) is 9.05 Å². The maximum absolute atomic E-state index is 5.70. The van der Waals surface area contributed by atoms with E-state index in [2.05, 4.69) is 25.4 Å². The van der Waals surface area contributed by atoms with Gasteiger partial charge in [-0.05, 0) is 13.3 Å². The molecule has 0 aromatic carbocycles. The molecule has 2 atom stereocenters. The lowest BCUT2D eigenvalue weighted by Gasteiger charge is -2.33. The fourth-order valence-corrected chi connectivity index (χ4v) is 2.63. The maximum Gasteiger partial charge on any atom is 0.258 e. The van der Waals surface area contributed by atoms with Crippen LogP contribution in [-0.2, 0) is 9.05 Å². The summed E-state index contributed by atoms with van der Waals surface area (Å²) >= 11 is 0. The van der Waals surface area contributed by atoms with Crippen LogP contribution in [0, 0.1) is 0 Å². The van der Waals surface area contributed by atoms with Crippen LogP contribution in [0.15, 0.2) is 0 Å². The molecular weight excluding hydrogens is 173 g/mol. The fraction of sp³-hybridized carbons (Fsp3) is 1.00. The van der Waals surface area contributed by atoms with Gasteiger partial charge >= 0.3 is 0 Å². The van der Waals surface area contributed by atoms with Crippen molar-refractivity contribution in [1.82, 2.24) is 4.67 Å². The summed E-state index contributed by atoms with van der Waals surface area (Å²) in [5.41, 5.74) is 0. The van der Waals surface area contributed by atoms with Gasteiger partial charge in [-0.15, -0.1) is 0 Å². The lowest BCUT2D eigenvalue weighted by molar-refractivity contribution is 0.0971. The van der Waals surface area contributed by atoms with E-state index in [0.717, 1.165) is 26.1 Å². The zero-order valence-electron chi connectivity index (χ0n) is 8.12. The molecule has 2 unspecified atom stereocenters. The van der Waals surface area contributed by atoms with Crippen LogP contribution in [0.5, 0.6) is 0 Å². The molecule has 3 nitrogen and oxygen atoms in total. The standard InChI is InChI=1S/C8H18NO2P/c1-4-9(5-2)12-10-7-6-8(3)11-12/h8H,4-7H2,1-3H3. The molecular formula is C8H18NO2P. The molecule has 0 bridgehead atoms. The molecule has 72 valence electrons. The van der Waals surface area contributed by atoms with Gasteiger partial charge in [-0.25, -0.2) is 4.67 Å². The van der Waals surface area contributed by atoms with Crippen molar-refractivity contribution in [2.45, 2.75) is 33.3 Å². The van der Waals surface area contributed by atoms with Crippen molar-refractivity contribution in [3.05, 3.63) is 0 Å². The summed E-state index contributed by atoms with van der Waals surface area (Å²) in [6, 6.07) is 0. The Kier molecular flexibility index (Phi) is 4.44. The number of nitrogens with zero attached hydrogens (tertiary/aromatic N) is 1. The molecule has 1 saturated heterocycles. The molecule has 12 heavy (non-hydrogen) atoms. The van der Waals surface area contributed by atoms with Gasteiger partial charge in [0.05, 0.1) is 12.7 Å². The first kappa shape index (κ1) is 10.4. The first-order valence-corrected chi connectivity index (χ1v) is 5.75. The average molecular weight is 191 g/mol. The Morgan fingerprint density at radius 3 is 2.58 bits per heavy atom. The molecule has 1 aliphatic rings. The third-order valence-corrected chi connectivity index (χ3v) is 3.93. The summed E-state index contributed by atoms with van der Waals surface area (Å²) < 4.78 is 13.5. The van der Waals surface area contributed by atoms with Crippen LogP contribution in [0.3, 0.4) is 0 Å². The van der Waals surface area contributed by atoms with Crippen molar-refractivity contribution in [1.29, 1.82) is 0 Å². The highest BCUT2D eigenvalue weighted by Crippen LogP contribution is 2.46. The summed E-state index contributed by atoms with van der Waals surface area (Å²) in [7, 11) is -0.741. The second kappa shape index (κ2) is 5.13. The Morgan fingerprint density at radius 1 is 1.42 bits per heavy atom. The van der Waals surface area contributed by atoms with Crippen LogP contribution in [0.25, 0.3) is 0 Å². The van der Waals surface area contributed by atoms with E-state index < -0.39 is 8.53 Å². The average Bonchev–Trinajstić information content (AvgIpc) is 2.07. The largest absolute Gasteiger partial charge is 0.322 e. The van der Waals surface area contributed by atoms with E-state index >= 15 is 0 Å². The zero-order valence-corrected chi connectivity index (χ0v) is 9.01. The van der Waals surface area contributed by atoms with E-state index in [1.165, 1.54) is 0 Å². The summed E-state index contributed by atoms with van der Waals surface area (Å²) in [5.74, 6) is 0. The van der Waals surface area contributed by atoms with E-state index in [-0.39, 0.29) is 0 Å². The normalized spacial score (nSPS) is 31.0.